The Labute approximate surface area is 115 Å². The quantitative estimate of drug-likeness (QED) is 0.685. The number of sulfonamides is 1. The molecule has 6 nitrogen and oxygen atoms in total. The molecule has 1 aliphatic heterocycles. The molecule has 0 aromatic heterocycles. The van der Waals surface area contributed by atoms with Crippen LogP contribution in [0.5, 0.6) is 0 Å². The molecule has 0 saturated carbocycles. The van der Waals surface area contributed by atoms with E-state index >= 15 is 0 Å². The fraction of sp³-hybridized carbons (Fsp3) is 0.750. The van der Waals surface area contributed by atoms with Crippen LogP contribution in [-0.2, 0) is 14.8 Å². The molecule has 19 heavy (non-hydrogen) atoms. The SMILES string of the molecule is C=CCC(N)C(=O)N1CCN(S(=O)(=O)CCC)CC1. The minimum absolute atomic E-state index is 0.132. The van der Waals surface area contributed by atoms with Gasteiger partial charge in [0.1, 0.15) is 0 Å². The number of nitrogens with zero attached hydrogens (tertiary/aromatic N) is 2. The van der Waals surface area contributed by atoms with Crippen LogP contribution in [0.1, 0.15) is 19.8 Å². The Morgan fingerprint density at radius 2 is 1.95 bits per heavy atom. The first-order valence-electron chi connectivity index (χ1n) is 6.55. The van der Waals surface area contributed by atoms with Crippen molar-refractivity contribution in [1.82, 2.24) is 9.21 Å². The van der Waals surface area contributed by atoms with E-state index in [0.717, 1.165) is 0 Å². The summed E-state index contributed by atoms with van der Waals surface area (Å²) in [6.07, 6.45) is 2.66. The van der Waals surface area contributed by atoms with Crippen molar-refractivity contribution in [3.8, 4) is 0 Å². The first-order valence-corrected chi connectivity index (χ1v) is 8.16. The highest BCUT2D eigenvalue weighted by Crippen LogP contribution is 2.10. The van der Waals surface area contributed by atoms with Gasteiger partial charge in [0.05, 0.1) is 11.8 Å². The van der Waals surface area contributed by atoms with E-state index in [1.807, 2.05) is 6.92 Å². The summed E-state index contributed by atoms with van der Waals surface area (Å²) in [6, 6.07) is -0.573. The fourth-order valence-corrected chi connectivity index (χ4v) is 3.58. The molecule has 1 rings (SSSR count). The zero-order chi connectivity index (χ0) is 14.5. The Morgan fingerprint density at radius 3 is 2.42 bits per heavy atom. The molecular weight excluding hydrogens is 266 g/mol. The lowest BCUT2D eigenvalue weighted by atomic mass is 10.2. The molecule has 0 radical (unpaired) electrons. The molecule has 1 unspecified atom stereocenters. The van der Waals surface area contributed by atoms with E-state index in [2.05, 4.69) is 6.58 Å². The van der Waals surface area contributed by atoms with Crippen LogP contribution in [-0.4, -0.2) is 61.5 Å². The first kappa shape index (κ1) is 16.1. The number of hydrogen-bond acceptors (Lipinski definition) is 4. The summed E-state index contributed by atoms with van der Waals surface area (Å²) in [7, 11) is -3.17. The Morgan fingerprint density at radius 1 is 1.37 bits per heavy atom. The number of carbonyl (C=O) groups is 1. The Hall–Kier alpha value is -0.920. The second-order valence-electron chi connectivity index (χ2n) is 4.67. The van der Waals surface area contributed by atoms with Crippen molar-refractivity contribution in [3.63, 3.8) is 0 Å². The van der Waals surface area contributed by atoms with Gasteiger partial charge in [-0.2, -0.15) is 4.31 Å². The van der Waals surface area contributed by atoms with Crippen molar-refractivity contribution in [1.29, 1.82) is 0 Å². The second kappa shape index (κ2) is 7.02. The standard InChI is InChI=1S/C12H23N3O3S/c1-3-5-11(13)12(16)14-6-8-15(9-7-14)19(17,18)10-4-2/h3,11H,1,4-10,13H2,2H3. The van der Waals surface area contributed by atoms with E-state index in [1.165, 1.54) is 4.31 Å². The number of nitrogens with two attached hydrogens (primary N) is 1. The van der Waals surface area contributed by atoms with Crippen LogP contribution in [0.25, 0.3) is 0 Å². The maximum absolute atomic E-state index is 12.0. The summed E-state index contributed by atoms with van der Waals surface area (Å²) in [5.41, 5.74) is 5.73. The number of piperazine rings is 1. The second-order valence-corrected chi connectivity index (χ2v) is 6.76. The average Bonchev–Trinajstić information content (AvgIpc) is 2.38. The molecule has 2 N–H and O–H groups in total. The van der Waals surface area contributed by atoms with Crippen LogP contribution in [0.2, 0.25) is 0 Å². The van der Waals surface area contributed by atoms with Crippen molar-refractivity contribution in [3.05, 3.63) is 12.7 Å². The largest absolute Gasteiger partial charge is 0.339 e. The molecule has 1 atom stereocenters. The summed E-state index contributed by atoms with van der Waals surface area (Å²) in [4.78, 5) is 13.6. The molecule has 1 amide bonds. The average molecular weight is 289 g/mol. The molecule has 1 fully saturated rings. The topological polar surface area (TPSA) is 83.7 Å². The van der Waals surface area contributed by atoms with Crippen LogP contribution < -0.4 is 5.73 Å². The van der Waals surface area contributed by atoms with Crippen molar-refractivity contribution in [2.75, 3.05) is 31.9 Å². The van der Waals surface area contributed by atoms with Gasteiger partial charge in [-0.05, 0) is 12.8 Å². The Kier molecular flexibility index (Phi) is 5.96. The van der Waals surface area contributed by atoms with E-state index in [9.17, 15) is 13.2 Å². The monoisotopic (exact) mass is 289 g/mol. The third-order valence-corrected chi connectivity index (χ3v) is 5.22. The predicted octanol–water partition coefficient (Wildman–Crippen LogP) is -0.226. The van der Waals surface area contributed by atoms with Gasteiger partial charge in [0.25, 0.3) is 0 Å². The van der Waals surface area contributed by atoms with E-state index in [1.54, 1.807) is 11.0 Å². The molecule has 0 aromatic rings. The lowest BCUT2D eigenvalue weighted by molar-refractivity contribution is -0.133. The van der Waals surface area contributed by atoms with E-state index in [0.29, 0.717) is 39.0 Å². The van der Waals surface area contributed by atoms with Gasteiger partial charge in [0, 0.05) is 26.2 Å². The minimum atomic E-state index is -3.17. The third kappa shape index (κ3) is 4.29. The highest BCUT2D eigenvalue weighted by Gasteiger charge is 2.29. The molecule has 0 aromatic carbocycles. The molecular formula is C12H23N3O3S. The summed E-state index contributed by atoms with van der Waals surface area (Å²) in [6.45, 7) is 6.92. The number of rotatable bonds is 6. The first-order chi connectivity index (χ1) is 8.92. The van der Waals surface area contributed by atoms with Gasteiger partial charge in [0.2, 0.25) is 15.9 Å². The fourth-order valence-electron chi connectivity index (χ4n) is 2.09. The molecule has 7 heteroatoms. The molecule has 1 aliphatic rings. The molecule has 1 heterocycles. The zero-order valence-corrected chi connectivity index (χ0v) is 12.2. The van der Waals surface area contributed by atoms with E-state index in [-0.39, 0.29) is 11.7 Å². The van der Waals surface area contributed by atoms with Gasteiger partial charge in [0.15, 0.2) is 0 Å². The summed E-state index contributed by atoms with van der Waals surface area (Å²) >= 11 is 0. The predicted molar refractivity (Wildman–Crippen MR) is 75.0 cm³/mol. The highest BCUT2D eigenvalue weighted by molar-refractivity contribution is 7.89. The van der Waals surface area contributed by atoms with Crippen LogP contribution in [0.4, 0.5) is 0 Å². The van der Waals surface area contributed by atoms with Crippen molar-refractivity contribution in [2.45, 2.75) is 25.8 Å². The maximum atomic E-state index is 12.0. The number of carbonyl (C=O) groups excluding carboxylic acids is 1. The summed E-state index contributed by atoms with van der Waals surface area (Å²) in [5, 5.41) is 0. The van der Waals surface area contributed by atoms with Crippen molar-refractivity contribution in [2.24, 2.45) is 5.73 Å². The highest BCUT2D eigenvalue weighted by atomic mass is 32.2. The number of hydrogen-bond donors (Lipinski definition) is 1. The summed E-state index contributed by atoms with van der Waals surface area (Å²) in [5.74, 6) is 0.0316. The van der Waals surface area contributed by atoms with Crippen LogP contribution in [0.3, 0.4) is 0 Å². The Balaban J connectivity index is 2.53. The molecule has 0 aliphatic carbocycles. The molecule has 0 spiro atoms. The van der Waals surface area contributed by atoms with Crippen molar-refractivity contribution < 1.29 is 13.2 Å². The van der Waals surface area contributed by atoms with Gasteiger partial charge in [-0.3, -0.25) is 4.79 Å². The van der Waals surface area contributed by atoms with Gasteiger partial charge in [-0.15, -0.1) is 6.58 Å². The smallest absolute Gasteiger partial charge is 0.239 e. The van der Waals surface area contributed by atoms with Crippen LogP contribution in [0, 0.1) is 0 Å². The molecule has 110 valence electrons. The van der Waals surface area contributed by atoms with Gasteiger partial charge in [-0.1, -0.05) is 13.0 Å². The van der Waals surface area contributed by atoms with E-state index in [4.69, 9.17) is 5.73 Å². The molecule has 1 saturated heterocycles. The van der Waals surface area contributed by atoms with E-state index < -0.39 is 16.1 Å². The van der Waals surface area contributed by atoms with Gasteiger partial charge >= 0.3 is 0 Å². The maximum Gasteiger partial charge on any atom is 0.239 e. The van der Waals surface area contributed by atoms with Crippen molar-refractivity contribution >= 4 is 15.9 Å². The lowest BCUT2D eigenvalue weighted by Crippen LogP contribution is -2.54. The third-order valence-electron chi connectivity index (χ3n) is 3.14. The zero-order valence-electron chi connectivity index (χ0n) is 11.4. The lowest BCUT2D eigenvalue weighted by Gasteiger charge is -2.35. The summed E-state index contributed by atoms with van der Waals surface area (Å²) < 4.78 is 25.2. The molecule has 0 bridgehead atoms. The van der Waals surface area contributed by atoms with Gasteiger partial charge in [-0.25, -0.2) is 8.42 Å². The Bertz CT molecular complexity index is 414. The minimum Gasteiger partial charge on any atom is -0.339 e. The van der Waals surface area contributed by atoms with Gasteiger partial charge < -0.3 is 10.6 Å². The van der Waals surface area contributed by atoms with Crippen LogP contribution in [0.15, 0.2) is 12.7 Å². The normalized spacial score (nSPS) is 19.2. The number of amides is 1. The van der Waals surface area contributed by atoms with Crippen LogP contribution >= 0.6 is 0 Å².